The van der Waals surface area contributed by atoms with Gasteiger partial charge in [-0.2, -0.15) is 5.10 Å². The minimum atomic E-state index is -0.738. The van der Waals surface area contributed by atoms with Crippen LogP contribution in [0.5, 0.6) is 5.75 Å². The van der Waals surface area contributed by atoms with Gasteiger partial charge in [0.15, 0.2) is 19.0 Å². The number of ether oxygens (including phenoxy) is 2. The topological polar surface area (TPSA) is 99.5 Å². The van der Waals surface area contributed by atoms with Gasteiger partial charge in [-0.15, -0.1) is 0 Å². The van der Waals surface area contributed by atoms with Gasteiger partial charge in [-0.3, -0.25) is 9.59 Å². The molecule has 0 unspecified atom stereocenters. The number of esters is 1. The third-order valence-corrected chi connectivity index (χ3v) is 5.04. The predicted molar refractivity (Wildman–Crippen MR) is 130 cm³/mol. The first-order chi connectivity index (χ1) is 17.4. The summed E-state index contributed by atoms with van der Waals surface area (Å²) in [5, 5.41) is 6.91. The Kier molecular flexibility index (Phi) is 7.50. The third kappa shape index (κ3) is 6.20. The number of carbonyl (C=O) groups is 3. The van der Waals surface area contributed by atoms with Gasteiger partial charge < -0.3 is 14.8 Å². The Labute approximate surface area is 206 Å². The molecular weight excluding hydrogens is 465 g/mol. The number of carbonyl (C=O) groups excluding carboxylic acids is 3. The van der Waals surface area contributed by atoms with Crippen LogP contribution in [0.15, 0.2) is 84.9 Å². The molecule has 3 aromatic carbocycles. The Hall–Kier alpha value is -4.79. The first kappa shape index (κ1) is 24.3. The van der Waals surface area contributed by atoms with Gasteiger partial charge in [-0.05, 0) is 55.5 Å². The summed E-state index contributed by atoms with van der Waals surface area (Å²) in [4.78, 5) is 36.8. The van der Waals surface area contributed by atoms with E-state index in [1.165, 1.54) is 28.9 Å². The second kappa shape index (κ2) is 11.1. The number of aryl methyl sites for hydroxylation is 1. The molecule has 4 rings (SSSR count). The summed E-state index contributed by atoms with van der Waals surface area (Å²) in [6.45, 7) is 0.809. The summed E-state index contributed by atoms with van der Waals surface area (Å²) in [6, 6.07) is 22.5. The number of aromatic nitrogens is 2. The number of hydrogen-bond acceptors (Lipinski definition) is 6. The number of ketones is 1. The molecule has 1 aromatic heterocycles. The summed E-state index contributed by atoms with van der Waals surface area (Å²) >= 11 is 0. The number of nitrogens with zero attached hydrogens (tertiary/aromatic N) is 2. The van der Waals surface area contributed by atoms with E-state index in [2.05, 4.69) is 10.4 Å². The van der Waals surface area contributed by atoms with E-state index >= 15 is 0 Å². The Balaban J connectivity index is 1.25. The van der Waals surface area contributed by atoms with Gasteiger partial charge in [0.25, 0.3) is 5.91 Å². The van der Waals surface area contributed by atoms with Gasteiger partial charge in [-0.1, -0.05) is 30.3 Å². The maximum Gasteiger partial charge on any atom is 0.344 e. The monoisotopic (exact) mass is 487 g/mol. The molecule has 0 aliphatic heterocycles. The van der Waals surface area contributed by atoms with Crippen LogP contribution in [-0.2, 0) is 14.3 Å². The molecule has 9 heteroatoms. The number of rotatable bonds is 9. The van der Waals surface area contributed by atoms with Crippen LogP contribution in [0.2, 0.25) is 0 Å². The van der Waals surface area contributed by atoms with Gasteiger partial charge in [0.1, 0.15) is 17.4 Å². The molecule has 0 aliphatic rings. The minimum Gasteiger partial charge on any atom is -0.482 e. The molecule has 4 aromatic rings. The van der Waals surface area contributed by atoms with Crippen molar-refractivity contribution in [2.24, 2.45) is 0 Å². The lowest BCUT2D eigenvalue weighted by molar-refractivity contribution is -0.149. The number of benzene rings is 3. The number of amides is 1. The molecule has 182 valence electrons. The van der Waals surface area contributed by atoms with Crippen molar-refractivity contribution in [3.63, 3.8) is 0 Å². The third-order valence-electron chi connectivity index (χ3n) is 5.04. The Morgan fingerprint density at radius 3 is 2.25 bits per heavy atom. The minimum absolute atomic E-state index is 0.122. The highest BCUT2D eigenvalue weighted by molar-refractivity contribution is 6.09. The van der Waals surface area contributed by atoms with Crippen LogP contribution in [0, 0.1) is 12.7 Å². The van der Waals surface area contributed by atoms with Crippen LogP contribution in [-0.4, -0.2) is 40.7 Å². The van der Waals surface area contributed by atoms with E-state index in [-0.39, 0.29) is 11.6 Å². The van der Waals surface area contributed by atoms with Crippen LogP contribution in [0.1, 0.15) is 21.6 Å². The van der Waals surface area contributed by atoms with E-state index in [0.29, 0.717) is 34.1 Å². The molecular formula is C27H22FN3O5. The van der Waals surface area contributed by atoms with Crippen molar-refractivity contribution >= 4 is 23.5 Å². The Bertz CT molecular complexity index is 1370. The van der Waals surface area contributed by atoms with Crippen LogP contribution in [0.4, 0.5) is 10.2 Å². The molecule has 0 saturated heterocycles. The zero-order valence-electron chi connectivity index (χ0n) is 19.3. The van der Waals surface area contributed by atoms with E-state index in [9.17, 15) is 18.8 Å². The van der Waals surface area contributed by atoms with Gasteiger partial charge in [-0.25, -0.2) is 13.9 Å². The average Bonchev–Trinajstić information content (AvgIpc) is 3.26. The van der Waals surface area contributed by atoms with E-state index < -0.39 is 25.1 Å². The lowest BCUT2D eigenvalue weighted by atomic mass is 10.0. The largest absolute Gasteiger partial charge is 0.482 e. The zero-order chi connectivity index (χ0) is 25.5. The van der Waals surface area contributed by atoms with Crippen LogP contribution >= 0.6 is 0 Å². The number of hydrogen-bond donors (Lipinski definition) is 1. The van der Waals surface area contributed by atoms with Crippen molar-refractivity contribution in [1.82, 2.24) is 9.78 Å². The maximum absolute atomic E-state index is 13.2. The highest BCUT2D eigenvalue weighted by Crippen LogP contribution is 2.18. The Morgan fingerprint density at radius 2 is 1.56 bits per heavy atom. The van der Waals surface area contributed by atoms with E-state index in [0.717, 1.165) is 0 Å². The zero-order valence-corrected chi connectivity index (χ0v) is 19.3. The second-order valence-corrected chi connectivity index (χ2v) is 7.78. The van der Waals surface area contributed by atoms with Gasteiger partial charge >= 0.3 is 5.97 Å². The van der Waals surface area contributed by atoms with Crippen molar-refractivity contribution < 1.29 is 28.2 Å². The van der Waals surface area contributed by atoms with E-state index in [1.807, 2.05) is 6.07 Å². The van der Waals surface area contributed by atoms with Gasteiger partial charge in [0.2, 0.25) is 0 Å². The maximum atomic E-state index is 13.2. The molecule has 0 aliphatic carbocycles. The first-order valence-corrected chi connectivity index (χ1v) is 11.0. The highest BCUT2D eigenvalue weighted by Gasteiger charge is 2.14. The quantitative estimate of drug-likeness (QED) is 0.282. The molecule has 0 radical (unpaired) electrons. The van der Waals surface area contributed by atoms with E-state index in [1.54, 1.807) is 61.5 Å². The Morgan fingerprint density at radius 1 is 0.889 bits per heavy atom. The SMILES string of the molecule is Cc1cc(NC(=O)COC(=O)COc2ccc(C(=O)c3ccccc3)cc2)n(-c2ccc(F)cc2)n1. The highest BCUT2D eigenvalue weighted by atomic mass is 19.1. The summed E-state index contributed by atoms with van der Waals surface area (Å²) < 4.78 is 25.0. The standard InChI is InChI=1S/C27H22FN3O5/c1-18-15-24(31(30-18)22-11-9-21(28)10-12-22)29-25(32)16-36-26(33)17-35-23-13-7-20(8-14-23)27(34)19-5-3-2-4-6-19/h2-15H,16-17H2,1H3,(H,29,32). The molecule has 0 bridgehead atoms. The van der Waals surface area contributed by atoms with Gasteiger partial charge in [0, 0.05) is 17.2 Å². The van der Waals surface area contributed by atoms with Crippen LogP contribution in [0.3, 0.4) is 0 Å². The van der Waals surface area contributed by atoms with Crippen LogP contribution < -0.4 is 10.1 Å². The number of halogens is 1. The van der Waals surface area contributed by atoms with Crippen molar-refractivity contribution in [3.05, 3.63) is 108 Å². The molecule has 0 spiro atoms. The van der Waals surface area contributed by atoms with Crippen molar-refractivity contribution in [1.29, 1.82) is 0 Å². The van der Waals surface area contributed by atoms with Crippen LogP contribution in [0.25, 0.3) is 5.69 Å². The predicted octanol–water partition coefficient (Wildman–Crippen LogP) is 4.11. The van der Waals surface area contributed by atoms with Gasteiger partial charge in [0.05, 0.1) is 11.4 Å². The number of nitrogens with one attached hydrogen (secondary N) is 1. The molecule has 0 atom stereocenters. The normalized spacial score (nSPS) is 10.5. The average molecular weight is 487 g/mol. The van der Waals surface area contributed by atoms with Crippen molar-refractivity contribution in [2.45, 2.75) is 6.92 Å². The molecule has 1 N–H and O–H groups in total. The fraction of sp³-hybridized carbons (Fsp3) is 0.111. The van der Waals surface area contributed by atoms with Crippen molar-refractivity contribution in [2.75, 3.05) is 18.5 Å². The summed E-state index contributed by atoms with van der Waals surface area (Å²) in [5.41, 5.74) is 2.25. The fourth-order valence-corrected chi connectivity index (χ4v) is 3.34. The summed E-state index contributed by atoms with van der Waals surface area (Å²) in [5.74, 6) is -1.10. The second-order valence-electron chi connectivity index (χ2n) is 7.78. The smallest absolute Gasteiger partial charge is 0.344 e. The number of anilines is 1. The molecule has 0 fully saturated rings. The molecule has 1 heterocycles. The fourth-order valence-electron chi connectivity index (χ4n) is 3.34. The molecule has 1 amide bonds. The first-order valence-electron chi connectivity index (χ1n) is 11.0. The summed E-state index contributed by atoms with van der Waals surface area (Å²) in [6.07, 6.45) is 0. The summed E-state index contributed by atoms with van der Waals surface area (Å²) in [7, 11) is 0. The lowest BCUT2D eigenvalue weighted by Crippen LogP contribution is -2.24. The van der Waals surface area contributed by atoms with Crippen molar-refractivity contribution in [3.8, 4) is 11.4 Å². The molecule has 8 nitrogen and oxygen atoms in total. The molecule has 0 saturated carbocycles. The molecule has 36 heavy (non-hydrogen) atoms. The lowest BCUT2D eigenvalue weighted by Gasteiger charge is -2.10. The van der Waals surface area contributed by atoms with E-state index in [4.69, 9.17) is 9.47 Å².